The van der Waals surface area contributed by atoms with Gasteiger partial charge >= 0.3 is 12.1 Å². The van der Waals surface area contributed by atoms with Crippen LogP contribution in [0.5, 0.6) is 0 Å². The maximum absolute atomic E-state index is 12.5. The number of H-pyrrole nitrogens is 1. The van der Waals surface area contributed by atoms with Gasteiger partial charge in [-0.05, 0) is 61.3 Å². The fourth-order valence-corrected chi connectivity index (χ4v) is 5.34. The summed E-state index contributed by atoms with van der Waals surface area (Å²) in [4.78, 5) is 29.7. The average molecular weight is 445 g/mol. The highest BCUT2D eigenvalue weighted by Gasteiger charge is 2.37. The van der Waals surface area contributed by atoms with E-state index < -0.39 is 6.09 Å². The topological polar surface area (TPSA) is 82.6 Å². The molecule has 6 heteroatoms. The van der Waals surface area contributed by atoms with Crippen molar-refractivity contribution < 1.29 is 19.4 Å². The standard InChI is InChI=1S/C27H28N2O4/c30-26(18-8-2-1-3-9-18)33-17-20-11-5-4-10-19(20)16-24-25-22(14-15-29(24)27(31)32)21-12-6-7-13-23(21)28-25/h1-9,12-13,19-20,24,28H,10-11,14-17H2,(H,31,32)/t19-,20+,24+/m0/s1. The van der Waals surface area contributed by atoms with Crippen molar-refractivity contribution in [2.45, 2.75) is 31.7 Å². The van der Waals surface area contributed by atoms with E-state index in [1.165, 1.54) is 10.9 Å². The maximum atomic E-state index is 12.5. The van der Waals surface area contributed by atoms with Crippen molar-refractivity contribution in [3.8, 4) is 0 Å². The van der Waals surface area contributed by atoms with Gasteiger partial charge in [-0.25, -0.2) is 9.59 Å². The minimum Gasteiger partial charge on any atom is -0.465 e. The third-order valence-electron chi connectivity index (χ3n) is 7.08. The number of amides is 1. The Kier molecular flexibility index (Phi) is 5.90. The number of carboxylic acid groups (broad SMARTS) is 1. The van der Waals surface area contributed by atoms with E-state index in [0.717, 1.165) is 24.1 Å². The zero-order valence-electron chi connectivity index (χ0n) is 18.4. The quantitative estimate of drug-likeness (QED) is 0.398. The van der Waals surface area contributed by atoms with Crippen LogP contribution in [0, 0.1) is 11.8 Å². The van der Waals surface area contributed by atoms with Crippen LogP contribution in [0.3, 0.4) is 0 Å². The first-order valence-corrected chi connectivity index (χ1v) is 11.6. The smallest absolute Gasteiger partial charge is 0.407 e. The summed E-state index contributed by atoms with van der Waals surface area (Å²) in [6, 6.07) is 17.0. The molecule has 6 nitrogen and oxygen atoms in total. The molecule has 1 aliphatic heterocycles. The van der Waals surface area contributed by atoms with Gasteiger partial charge in [0.2, 0.25) is 0 Å². The van der Waals surface area contributed by atoms with Gasteiger partial charge in [0.15, 0.2) is 0 Å². The molecule has 2 aliphatic rings. The molecule has 0 radical (unpaired) electrons. The van der Waals surface area contributed by atoms with Crippen molar-refractivity contribution >= 4 is 23.0 Å². The molecule has 3 atom stereocenters. The number of fused-ring (bicyclic) bond motifs is 3. The lowest BCUT2D eigenvalue weighted by molar-refractivity contribution is 0.0356. The van der Waals surface area contributed by atoms with Gasteiger partial charge in [-0.15, -0.1) is 0 Å². The summed E-state index contributed by atoms with van der Waals surface area (Å²) in [5, 5.41) is 11.1. The molecule has 1 aromatic heterocycles. The molecule has 1 amide bonds. The molecule has 2 aromatic carbocycles. The highest BCUT2D eigenvalue weighted by molar-refractivity contribution is 5.89. The lowest BCUT2D eigenvalue weighted by atomic mass is 9.78. The van der Waals surface area contributed by atoms with E-state index in [1.807, 2.05) is 36.4 Å². The van der Waals surface area contributed by atoms with Crippen LogP contribution in [0.25, 0.3) is 10.9 Å². The molecule has 0 saturated carbocycles. The van der Waals surface area contributed by atoms with Crippen LogP contribution in [0.1, 0.15) is 46.9 Å². The minimum atomic E-state index is -0.886. The van der Waals surface area contributed by atoms with Crippen molar-refractivity contribution in [1.29, 1.82) is 0 Å². The Bertz CT molecular complexity index is 1180. The lowest BCUT2D eigenvalue weighted by Gasteiger charge is -2.38. The SMILES string of the molecule is O=C(OC[C@H]1CC=CC[C@H]1C[C@@H]1c2[nH]c3ccccc3c2CCN1C(=O)O)c1ccccc1. The Labute approximate surface area is 192 Å². The molecule has 3 aromatic rings. The Hall–Kier alpha value is -3.54. The van der Waals surface area contributed by atoms with E-state index in [1.54, 1.807) is 17.0 Å². The second-order valence-corrected chi connectivity index (χ2v) is 8.97. The van der Waals surface area contributed by atoms with Crippen LogP contribution in [0.2, 0.25) is 0 Å². The molecule has 33 heavy (non-hydrogen) atoms. The number of nitrogens with one attached hydrogen (secondary N) is 1. The monoisotopic (exact) mass is 444 g/mol. The molecule has 0 saturated heterocycles. The van der Waals surface area contributed by atoms with Crippen molar-refractivity contribution in [3.05, 3.63) is 83.6 Å². The fourth-order valence-electron chi connectivity index (χ4n) is 5.34. The second kappa shape index (κ2) is 9.14. The van der Waals surface area contributed by atoms with Crippen LogP contribution in [-0.4, -0.2) is 40.2 Å². The normalized spacial score (nSPS) is 22.2. The third-order valence-corrected chi connectivity index (χ3v) is 7.08. The molecule has 0 fully saturated rings. The number of para-hydroxylation sites is 1. The number of hydrogen-bond acceptors (Lipinski definition) is 3. The first-order valence-electron chi connectivity index (χ1n) is 11.6. The predicted octanol–water partition coefficient (Wildman–Crippen LogP) is 5.57. The molecule has 5 rings (SSSR count). The predicted molar refractivity (Wildman–Crippen MR) is 126 cm³/mol. The van der Waals surface area contributed by atoms with Gasteiger partial charge in [0.1, 0.15) is 0 Å². The Morgan fingerprint density at radius 2 is 1.73 bits per heavy atom. The van der Waals surface area contributed by atoms with Gasteiger partial charge in [0, 0.05) is 23.1 Å². The van der Waals surface area contributed by atoms with E-state index in [9.17, 15) is 14.7 Å². The fraction of sp³-hybridized carbons (Fsp3) is 0.333. The molecule has 2 N–H and O–H groups in total. The number of allylic oxidation sites excluding steroid dienone is 2. The minimum absolute atomic E-state index is 0.160. The van der Waals surface area contributed by atoms with E-state index >= 15 is 0 Å². The highest BCUT2D eigenvalue weighted by atomic mass is 16.5. The molecule has 0 unspecified atom stereocenters. The van der Waals surface area contributed by atoms with Crippen molar-refractivity contribution in [2.24, 2.45) is 11.8 Å². The molecular formula is C27H28N2O4. The largest absolute Gasteiger partial charge is 0.465 e. The number of nitrogens with zero attached hydrogens (tertiary/aromatic N) is 1. The summed E-state index contributed by atoms with van der Waals surface area (Å²) in [6.07, 6.45) is 6.51. The van der Waals surface area contributed by atoms with Crippen molar-refractivity contribution in [1.82, 2.24) is 9.88 Å². The average Bonchev–Trinajstić information content (AvgIpc) is 3.23. The first kappa shape index (κ1) is 21.3. The van der Waals surface area contributed by atoms with Gasteiger partial charge in [-0.3, -0.25) is 4.90 Å². The Morgan fingerprint density at radius 1 is 1.00 bits per heavy atom. The molecule has 1 aliphatic carbocycles. The van der Waals surface area contributed by atoms with E-state index in [0.29, 0.717) is 31.6 Å². The van der Waals surface area contributed by atoms with Gasteiger partial charge < -0.3 is 14.8 Å². The van der Waals surface area contributed by atoms with Crippen LogP contribution in [-0.2, 0) is 11.2 Å². The number of esters is 1. The lowest BCUT2D eigenvalue weighted by Crippen LogP contribution is -2.41. The van der Waals surface area contributed by atoms with Gasteiger partial charge in [0.05, 0.1) is 18.2 Å². The summed E-state index contributed by atoms with van der Waals surface area (Å²) in [6.45, 7) is 0.827. The third kappa shape index (κ3) is 4.25. The highest BCUT2D eigenvalue weighted by Crippen LogP contribution is 2.41. The summed E-state index contributed by atoms with van der Waals surface area (Å²) < 4.78 is 5.67. The number of hydrogen-bond donors (Lipinski definition) is 2. The van der Waals surface area contributed by atoms with E-state index in [4.69, 9.17) is 4.74 Å². The summed E-state index contributed by atoms with van der Waals surface area (Å²) in [5.41, 5.74) is 3.84. The van der Waals surface area contributed by atoms with E-state index in [2.05, 4.69) is 23.2 Å². The maximum Gasteiger partial charge on any atom is 0.407 e. The number of benzene rings is 2. The molecule has 2 heterocycles. The van der Waals surface area contributed by atoms with Gasteiger partial charge in [-0.2, -0.15) is 0 Å². The van der Waals surface area contributed by atoms with Crippen LogP contribution in [0.15, 0.2) is 66.7 Å². The van der Waals surface area contributed by atoms with Crippen molar-refractivity contribution in [3.63, 3.8) is 0 Å². The number of carbonyl (C=O) groups is 2. The van der Waals surface area contributed by atoms with Gasteiger partial charge in [0.25, 0.3) is 0 Å². The van der Waals surface area contributed by atoms with Gasteiger partial charge in [-0.1, -0.05) is 48.6 Å². The number of carbonyl (C=O) groups excluding carboxylic acids is 1. The summed E-state index contributed by atoms with van der Waals surface area (Å²) >= 11 is 0. The number of ether oxygens (including phenoxy) is 1. The summed E-state index contributed by atoms with van der Waals surface area (Å²) in [5.74, 6) is 0.0717. The van der Waals surface area contributed by atoms with Crippen molar-refractivity contribution in [2.75, 3.05) is 13.2 Å². The van der Waals surface area contributed by atoms with Crippen LogP contribution >= 0.6 is 0 Å². The van der Waals surface area contributed by atoms with Crippen LogP contribution < -0.4 is 0 Å². The Balaban J connectivity index is 1.37. The van der Waals surface area contributed by atoms with Crippen LogP contribution in [0.4, 0.5) is 4.79 Å². The number of rotatable bonds is 5. The zero-order valence-corrected chi connectivity index (χ0v) is 18.4. The first-order chi connectivity index (χ1) is 16.1. The molecular weight excluding hydrogens is 416 g/mol. The second-order valence-electron chi connectivity index (χ2n) is 8.97. The number of aromatic amines is 1. The van der Waals surface area contributed by atoms with E-state index in [-0.39, 0.29) is 23.8 Å². The molecule has 170 valence electrons. The molecule has 0 spiro atoms. The molecule has 0 bridgehead atoms. The summed E-state index contributed by atoms with van der Waals surface area (Å²) in [7, 11) is 0. The Morgan fingerprint density at radius 3 is 2.52 bits per heavy atom. The number of aromatic nitrogens is 1. The zero-order chi connectivity index (χ0) is 22.8.